The monoisotopic (exact) mass is 452 g/mol. The van der Waals surface area contributed by atoms with E-state index < -0.39 is 6.04 Å². The van der Waals surface area contributed by atoms with Crippen molar-refractivity contribution in [3.63, 3.8) is 0 Å². The van der Waals surface area contributed by atoms with Crippen LogP contribution in [0.15, 0.2) is 53.4 Å². The van der Waals surface area contributed by atoms with Gasteiger partial charge >= 0.3 is 0 Å². The van der Waals surface area contributed by atoms with Gasteiger partial charge in [-0.3, -0.25) is 9.59 Å². The Balaban J connectivity index is 2.07. The summed E-state index contributed by atoms with van der Waals surface area (Å²) in [6, 6.07) is 14.3. The van der Waals surface area contributed by atoms with E-state index in [1.54, 1.807) is 29.7 Å². The average molecular weight is 453 g/mol. The molecule has 0 heterocycles. The van der Waals surface area contributed by atoms with Crippen LogP contribution in [0, 0.1) is 0 Å². The second-order valence-corrected chi connectivity index (χ2v) is 9.02. The molecule has 4 nitrogen and oxygen atoms in total. The van der Waals surface area contributed by atoms with E-state index in [4.69, 9.17) is 23.2 Å². The molecule has 0 bridgehead atoms. The van der Waals surface area contributed by atoms with Crippen LogP contribution in [-0.4, -0.2) is 34.6 Å². The fourth-order valence-corrected chi connectivity index (χ4v) is 3.89. The molecule has 0 spiro atoms. The van der Waals surface area contributed by atoms with Crippen LogP contribution in [0.25, 0.3) is 0 Å². The van der Waals surface area contributed by atoms with E-state index in [1.807, 2.05) is 56.3 Å². The van der Waals surface area contributed by atoms with Gasteiger partial charge in [0.25, 0.3) is 0 Å². The van der Waals surface area contributed by atoms with Crippen molar-refractivity contribution in [1.29, 1.82) is 0 Å². The Hall–Kier alpha value is -1.69. The molecule has 2 aromatic carbocycles. The van der Waals surface area contributed by atoms with Gasteiger partial charge in [0.2, 0.25) is 11.8 Å². The highest BCUT2D eigenvalue weighted by atomic mass is 35.5. The zero-order valence-corrected chi connectivity index (χ0v) is 19.2. The van der Waals surface area contributed by atoms with Gasteiger partial charge in [0.15, 0.2) is 0 Å². The van der Waals surface area contributed by atoms with E-state index >= 15 is 0 Å². The Bertz CT molecular complexity index is 828. The van der Waals surface area contributed by atoms with Gasteiger partial charge in [-0.1, -0.05) is 41.4 Å². The number of benzene rings is 2. The predicted molar refractivity (Wildman–Crippen MR) is 122 cm³/mol. The van der Waals surface area contributed by atoms with Crippen molar-refractivity contribution in [2.24, 2.45) is 0 Å². The Morgan fingerprint density at radius 2 is 1.69 bits per heavy atom. The maximum Gasteiger partial charge on any atom is 0.242 e. The third kappa shape index (κ3) is 7.57. The summed E-state index contributed by atoms with van der Waals surface area (Å²) in [5, 5.41) is 4.14. The Morgan fingerprint density at radius 1 is 1.03 bits per heavy atom. The van der Waals surface area contributed by atoms with E-state index in [-0.39, 0.29) is 24.4 Å². The fraction of sp³-hybridized carbons (Fsp3) is 0.364. The zero-order chi connectivity index (χ0) is 21.4. The summed E-state index contributed by atoms with van der Waals surface area (Å²) in [6.45, 7) is 5.83. The molecule has 2 aromatic rings. The molecule has 0 aliphatic carbocycles. The van der Waals surface area contributed by atoms with Crippen LogP contribution >= 0.6 is 35.0 Å². The molecule has 29 heavy (non-hydrogen) atoms. The topological polar surface area (TPSA) is 49.4 Å². The molecule has 0 saturated carbocycles. The molecule has 7 heteroatoms. The smallest absolute Gasteiger partial charge is 0.242 e. The summed E-state index contributed by atoms with van der Waals surface area (Å²) in [4.78, 5) is 28.2. The first kappa shape index (κ1) is 23.6. The van der Waals surface area contributed by atoms with E-state index in [9.17, 15) is 9.59 Å². The lowest BCUT2D eigenvalue weighted by molar-refractivity contribution is -0.140. The Kier molecular flexibility index (Phi) is 9.34. The van der Waals surface area contributed by atoms with Crippen molar-refractivity contribution < 1.29 is 9.59 Å². The minimum Gasteiger partial charge on any atom is -0.352 e. The molecule has 0 unspecified atom stereocenters. The highest BCUT2D eigenvalue weighted by Gasteiger charge is 2.26. The van der Waals surface area contributed by atoms with E-state index in [0.29, 0.717) is 22.2 Å². The molecule has 156 valence electrons. The molecule has 0 radical (unpaired) electrons. The SMILES string of the molecule is CC(C)NC(=O)[C@H](C)N(Cc1ccccc1Cl)C(=O)CCSc1ccc(Cl)cc1. The molecule has 2 amide bonds. The van der Waals surface area contributed by atoms with Crippen molar-refractivity contribution in [3.8, 4) is 0 Å². The van der Waals surface area contributed by atoms with Gasteiger partial charge in [0.05, 0.1) is 0 Å². The lowest BCUT2D eigenvalue weighted by Crippen LogP contribution is -2.49. The summed E-state index contributed by atoms with van der Waals surface area (Å²) >= 11 is 13.8. The van der Waals surface area contributed by atoms with E-state index in [0.717, 1.165) is 10.5 Å². The number of carbonyl (C=O) groups excluding carboxylic acids is 2. The number of amides is 2. The molecule has 2 rings (SSSR count). The highest BCUT2D eigenvalue weighted by Crippen LogP contribution is 2.23. The summed E-state index contributed by atoms with van der Waals surface area (Å²) in [7, 11) is 0. The second kappa shape index (κ2) is 11.5. The highest BCUT2D eigenvalue weighted by molar-refractivity contribution is 7.99. The van der Waals surface area contributed by atoms with E-state index in [2.05, 4.69) is 5.32 Å². The standard InChI is InChI=1S/C22H26Cl2N2O2S/c1-15(2)25-22(28)16(3)26(14-17-6-4-5-7-20(17)24)21(27)12-13-29-19-10-8-18(23)9-11-19/h4-11,15-16H,12-14H2,1-3H3,(H,25,28)/t16-/m0/s1. The van der Waals surface area contributed by atoms with Crippen LogP contribution in [0.4, 0.5) is 0 Å². The molecular formula is C22H26Cl2N2O2S. The van der Waals surface area contributed by atoms with Crippen LogP contribution in [0.2, 0.25) is 10.0 Å². The molecule has 0 aliphatic rings. The quantitative estimate of drug-likeness (QED) is 0.516. The second-order valence-electron chi connectivity index (χ2n) is 7.00. The zero-order valence-electron chi connectivity index (χ0n) is 16.8. The van der Waals surface area contributed by atoms with Gasteiger partial charge in [-0.15, -0.1) is 11.8 Å². The lowest BCUT2D eigenvalue weighted by Gasteiger charge is -2.29. The van der Waals surface area contributed by atoms with Crippen molar-refractivity contribution in [2.45, 2.75) is 50.7 Å². The van der Waals surface area contributed by atoms with Gasteiger partial charge < -0.3 is 10.2 Å². The van der Waals surface area contributed by atoms with Crippen molar-refractivity contribution in [3.05, 3.63) is 64.1 Å². The summed E-state index contributed by atoms with van der Waals surface area (Å²) in [5.41, 5.74) is 0.817. The molecule has 0 aliphatic heterocycles. The first-order valence-corrected chi connectivity index (χ1v) is 11.2. The van der Waals surface area contributed by atoms with Crippen molar-refractivity contribution in [2.75, 3.05) is 5.75 Å². The van der Waals surface area contributed by atoms with Gasteiger partial charge in [-0.2, -0.15) is 0 Å². The van der Waals surface area contributed by atoms with Crippen LogP contribution in [-0.2, 0) is 16.1 Å². The third-order valence-corrected chi connectivity index (χ3v) is 5.93. The number of nitrogens with zero attached hydrogens (tertiary/aromatic N) is 1. The van der Waals surface area contributed by atoms with Crippen LogP contribution < -0.4 is 5.32 Å². The molecule has 1 atom stereocenters. The van der Waals surface area contributed by atoms with Crippen molar-refractivity contribution >= 4 is 46.8 Å². The summed E-state index contributed by atoms with van der Waals surface area (Å²) in [5.74, 6) is 0.349. The number of carbonyl (C=O) groups is 2. The maximum atomic E-state index is 13.0. The normalized spacial score (nSPS) is 11.9. The van der Waals surface area contributed by atoms with Gasteiger partial charge in [0.1, 0.15) is 6.04 Å². The average Bonchev–Trinajstić information content (AvgIpc) is 2.67. The largest absolute Gasteiger partial charge is 0.352 e. The summed E-state index contributed by atoms with van der Waals surface area (Å²) in [6.07, 6.45) is 0.317. The first-order valence-electron chi connectivity index (χ1n) is 9.49. The summed E-state index contributed by atoms with van der Waals surface area (Å²) < 4.78 is 0. The molecule has 0 fully saturated rings. The van der Waals surface area contributed by atoms with E-state index in [1.165, 1.54) is 0 Å². The first-order chi connectivity index (χ1) is 13.8. The number of hydrogen-bond donors (Lipinski definition) is 1. The number of nitrogens with one attached hydrogen (secondary N) is 1. The Labute approximate surface area is 187 Å². The predicted octanol–water partition coefficient (Wildman–Crippen LogP) is 5.42. The van der Waals surface area contributed by atoms with Gasteiger partial charge in [0, 0.05) is 39.7 Å². The number of halogens is 2. The number of thioether (sulfide) groups is 1. The lowest BCUT2D eigenvalue weighted by atomic mass is 10.1. The minimum absolute atomic E-state index is 0.00248. The van der Waals surface area contributed by atoms with Gasteiger partial charge in [-0.05, 0) is 56.7 Å². The fourth-order valence-electron chi connectivity index (χ4n) is 2.73. The van der Waals surface area contributed by atoms with Gasteiger partial charge in [-0.25, -0.2) is 0 Å². The molecule has 0 saturated heterocycles. The molecule has 0 aromatic heterocycles. The minimum atomic E-state index is -0.596. The van der Waals surface area contributed by atoms with Crippen molar-refractivity contribution in [1.82, 2.24) is 10.2 Å². The molecule has 1 N–H and O–H groups in total. The molecular weight excluding hydrogens is 427 g/mol. The van der Waals surface area contributed by atoms with Crippen LogP contribution in [0.1, 0.15) is 32.8 Å². The number of rotatable bonds is 9. The maximum absolute atomic E-state index is 13.0. The Morgan fingerprint density at radius 3 is 2.31 bits per heavy atom. The third-order valence-electron chi connectivity index (χ3n) is 4.30. The van der Waals surface area contributed by atoms with Crippen LogP contribution in [0.5, 0.6) is 0 Å². The number of hydrogen-bond acceptors (Lipinski definition) is 3. The van der Waals surface area contributed by atoms with Crippen LogP contribution in [0.3, 0.4) is 0 Å².